The fourth-order valence-corrected chi connectivity index (χ4v) is 6.15. The molecule has 6 rings (SSSR count). The number of hydrogen-bond acceptors (Lipinski definition) is 8. The lowest BCUT2D eigenvalue weighted by Crippen LogP contribution is -2.49. The highest BCUT2D eigenvalue weighted by Crippen LogP contribution is 2.26. The van der Waals surface area contributed by atoms with E-state index in [0.29, 0.717) is 11.1 Å². The number of hydrogen-bond donors (Lipinski definition) is 2. The van der Waals surface area contributed by atoms with Crippen molar-refractivity contribution < 1.29 is 56.2 Å². The number of rotatable bonds is 23. The number of ether oxygens (including phenoxy) is 6. The van der Waals surface area contributed by atoms with Crippen LogP contribution in [0.4, 0.5) is 17.6 Å². The van der Waals surface area contributed by atoms with Gasteiger partial charge in [-0.3, -0.25) is 0 Å². The molecule has 0 radical (unpaired) electrons. The molecule has 0 unspecified atom stereocenters. The van der Waals surface area contributed by atoms with Gasteiger partial charge in [-0.25, -0.2) is 17.6 Å². The van der Waals surface area contributed by atoms with Gasteiger partial charge in [0.1, 0.15) is 72.4 Å². The molecule has 0 heterocycles. The van der Waals surface area contributed by atoms with Gasteiger partial charge in [0.15, 0.2) is 0 Å². The SMILES string of the molecule is O[C@@H]([C@H](O)[C@@H](COCc1c(F)cccc1OCc1ccccc1)OCc1ccc(F)cc1)[C@@H](COCc1c(F)cccc1OCc1ccccc1)OCc1ccc(F)cc1. The molecule has 0 spiro atoms. The first kappa shape index (κ1) is 44.0. The summed E-state index contributed by atoms with van der Waals surface area (Å²) in [6, 6.07) is 38.7. The van der Waals surface area contributed by atoms with Crippen LogP contribution in [0, 0.1) is 23.3 Å². The molecule has 12 heteroatoms. The Bertz CT molecular complexity index is 2020. The molecular weight excluding hydrogens is 781 g/mol. The molecule has 0 aliphatic carbocycles. The van der Waals surface area contributed by atoms with E-state index in [1.165, 1.54) is 72.8 Å². The van der Waals surface area contributed by atoms with E-state index in [1.54, 1.807) is 12.1 Å². The molecule has 2 N–H and O–H groups in total. The van der Waals surface area contributed by atoms with Gasteiger partial charge in [0.25, 0.3) is 0 Å². The zero-order chi connectivity index (χ0) is 42.1. The molecule has 0 saturated carbocycles. The Labute approximate surface area is 346 Å². The average Bonchev–Trinajstić information content (AvgIpc) is 3.27. The lowest BCUT2D eigenvalue weighted by molar-refractivity contribution is -0.170. The predicted molar refractivity (Wildman–Crippen MR) is 216 cm³/mol. The predicted octanol–water partition coefficient (Wildman–Crippen LogP) is 9.03. The Morgan fingerprint density at radius 1 is 0.383 bits per heavy atom. The molecule has 0 amide bonds. The molecule has 0 aromatic heterocycles. The van der Waals surface area contributed by atoms with Crippen molar-refractivity contribution in [3.05, 3.63) is 202 Å². The van der Waals surface area contributed by atoms with Gasteiger partial charge in [-0.15, -0.1) is 0 Å². The minimum atomic E-state index is -1.69. The second-order valence-electron chi connectivity index (χ2n) is 13.9. The molecule has 0 saturated heterocycles. The summed E-state index contributed by atoms with van der Waals surface area (Å²) in [5, 5.41) is 23.4. The third kappa shape index (κ3) is 13.2. The van der Waals surface area contributed by atoms with E-state index in [4.69, 9.17) is 28.4 Å². The number of aliphatic hydroxyl groups excluding tert-OH is 2. The normalized spacial score (nSPS) is 13.4. The quantitative estimate of drug-likeness (QED) is 0.0619. The average molecular weight is 827 g/mol. The van der Waals surface area contributed by atoms with Crippen molar-refractivity contribution in [2.75, 3.05) is 13.2 Å². The maximum Gasteiger partial charge on any atom is 0.132 e. The monoisotopic (exact) mass is 826 g/mol. The Kier molecular flexibility index (Phi) is 16.6. The molecular formula is C48H46F4O8. The third-order valence-corrected chi connectivity index (χ3v) is 9.55. The molecule has 4 atom stereocenters. The van der Waals surface area contributed by atoms with Crippen molar-refractivity contribution in [3.63, 3.8) is 0 Å². The van der Waals surface area contributed by atoms with E-state index in [-0.39, 0.29) is 75.5 Å². The molecule has 0 fully saturated rings. The van der Waals surface area contributed by atoms with Crippen LogP contribution in [0.5, 0.6) is 11.5 Å². The van der Waals surface area contributed by atoms with Crippen molar-refractivity contribution in [2.24, 2.45) is 0 Å². The van der Waals surface area contributed by atoms with E-state index >= 15 is 8.78 Å². The Morgan fingerprint density at radius 3 is 1.13 bits per heavy atom. The van der Waals surface area contributed by atoms with Gasteiger partial charge < -0.3 is 38.6 Å². The summed E-state index contributed by atoms with van der Waals surface area (Å²) in [5.41, 5.74) is 3.16. The van der Waals surface area contributed by atoms with Crippen LogP contribution in [0.2, 0.25) is 0 Å². The van der Waals surface area contributed by atoms with Crippen molar-refractivity contribution in [3.8, 4) is 11.5 Å². The van der Waals surface area contributed by atoms with Crippen LogP contribution in [0.3, 0.4) is 0 Å². The molecule has 0 aliphatic heterocycles. The first-order valence-electron chi connectivity index (χ1n) is 19.4. The Hall–Kier alpha value is -5.60. The Balaban J connectivity index is 1.17. The molecule has 0 bridgehead atoms. The summed E-state index contributed by atoms with van der Waals surface area (Å²) >= 11 is 0. The fraction of sp³-hybridized carbons (Fsp3) is 0.250. The van der Waals surface area contributed by atoms with Crippen molar-refractivity contribution in [2.45, 2.75) is 64.1 Å². The number of aliphatic hydroxyl groups is 2. The maximum atomic E-state index is 15.2. The second-order valence-corrected chi connectivity index (χ2v) is 13.9. The molecule has 6 aromatic carbocycles. The fourth-order valence-electron chi connectivity index (χ4n) is 6.15. The van der Waals surface area contributed by atoms with Crippen LogP contribution in [0.1, 0.15) is 33.4 Å². The smallest absolute Gasteiger partial charge is 0.132 e. The highest BCUT2D eigenvalue weighted by molar-refractivity contribution is 5.35. The molecule has 8 nitrogen and oxygen atoms in total. The number of benzene rings is 6. The van der Waals surface area contributed by atoms with Crippen molar-refractivity contribution in [1.29, 1.82) is 0 Å². The summed E-state index contributed by atoms with van der Waals surface area (Å²) < 4.78 is 93.5. The molecule has 6 aromatic rings. The van der Waals surface area contributed by atoms with Gasteiger partial charge in [-0.1, -0.05) is 97.1 Å². The molecule has 0 aliphatic rings. The van der Waals surface area contributed by atoms with E-state index in [0.717, 1.165) is 11.1 Å². The summed E-state index contributed by atoms with van der Waals surface area (Å²) in [5.74, 6) is -1.51. The van der Waals surface area contributed by atoms with E-state index in [1.807, 2.05) is 60.7 Å². The first-order valence-corrected chi connectivity index (χ1v) is 19.4. The van der Waals surface area contributed by atoms with Gasteiger partial charge in [-0.2, -0.15) is 0 Å². The topological polar surface area (TPSA) is 95.8 Å². The van der Waals surface area contributed by atoms with Gasteiger partial charge in [0.05, 0.1) is 50.8 Å². The largest absolute Gasteiger partial charge is 0.488 e. The van der Waals surface area contributed by atoms with E-state index < -0.39 is 47.7 Å². The summed E-state index contributed by atoms with van der Waals surface area (Å²) in [4.78, 5) is 0. The maximum absolute atomic E-state index is 15.2. The van der Waals surface area contributed by atoms with Crippen LogP contribution in [0.15, 0.2) is 146 Å². The van der Waals surface area contributed by atoms with Crippen molar-refractivity contribution >= 4 is 0 Å². The van der Waals surface area contributed by atoms with Gasteiger partial charge in [-0.05, 0) is 70.8 Å². The van der Waals surface area contributed by atoms with Gasteiger partial charge in [0.2, 0.25) is 0 Å². The van der Waals surface area contributed by atoms with E-state index in [9.17, 15) is 19.0 Å². The highest BCUT2D eigenvalue weighted by Gasteiger charge is 2.35. The van der Waals surface area contributed by atoms with Crippen LogP contribution < -0.4 is 9.47 Å². The van der Waals surface area contributed by atoms with Crippen LogP contribution in [0.25, 0.3) is 0 Å². The highest BCUT2D eigenvalue weighted by atomic mass is 19.1. The van der Waals surface area contributed by atoms with Crippen LogP contribution in [-0.4, -0.2) is 47.8 Å². The van der Waals surface area contributed by atoms with Gasteiger partial charge >= 0.3 is 0 Å². The zero-order valence-electron chi connectivity index (χ0n) is 32.7. The standard InChI is InChI=1S/C48H46F4O8/c49-37-21-17-35(18-22-37)27-59-45(31-55-29-39-41(51)13-7-15-43(39)57-25-33-9-3-1-4-10-33)47(53)48(54)46(60-28-36-19-23-38(50)24-20-36)32-56-30-40-42(52)14-8-16-44(40)58-26-34-11-5-2-6-12-34/h1-24,45-48,53-54H,25-32H2/t45-,46-,47-,48-/m1/s1. The third-order valence-electron chi connectivity index (χ3n) is 9.55. The summed E-state index contributed by atoms with van der Waals surface area (Å²) in [6.07, 6.45) is -5.88. The minimum absolute atomic E-state index is 0.111. The minimum Gasteiger partial charge on any atom is -0.488 e. The summed E-state index contributed by atoms with van der Waals surface area (Å²) in [6.45, 7) is -1.08. The van der Waals surface area contributed by atoms with Gasteiger partial charge in [0, 0.05) is 0 Å². The Morgan fingerprint density at radius 2 is 0.750 bits per heavy atom. The summed E-state index contributed by atoms with van der Waals surface area (Å²) in [7, 11) is 0. The molecule has 314 valence electrons. The lowest BCUT2D eigenvalue weighted by atomic mass is 10.0. The zero-order valence-corrected chi connectivity index (χ0v) is 32.7. The second kappa shape index (κ2) is 22.7. The number of halogens is 4. The molecule has 60 heavy (non-hydrogen) atoms. The van der Waals surface area contributed by atoms with Crippen molar-refractivity contribution in [1.82, 2.24) is 0 Å². The lowest BCUT2D eigenvalue weighted by Gasteiger charge is -2.32. The van der Waals surface area contributed by atoms with Crippen LogP contribution in [-0.2, 0) is 58.6 Å². The van der Waals surface area contributed by atoms with Crippen LogP contribution >= 0.6 is 0 Å². The first-order chi connectivity index (χ1) is 29.2. The van der Waals surface area contributed by atoms with E-state index in [2.05, 4.69) is 0 Å².